The molecule has 0 fully saturated rings. The van der Waals surface area contributed by atoms with Gasteiger partial charge in [-0.1, -0.05) is 0 Å². The van der Waals surface area contributed by atoms with Crippen LogP contribution in [0, 0.1) is 0 Å². The summed E-state index contributed by atoms with van der Waals surface area (Å²) in [5.74, 6) is 0.174. The zero-order chi connectivity index (χ0) is 16.2. The first-order chi connectivity index (χ1) is 11.2. The Morgan fingerprint density at radius 3 is 2.87 bits per heavy atom. The molecule has 3 heterocycles. The maximum absolute atomic E-state index is 11.4. The van der Waals surface area contributed by atoms with Gasteiger partial charge in [-0.25, -0.2) is 9.78 Å². The smallest absolute Gasteiger partial charge is 0.373 e. The minimum atomic E-state index is -0.530. The van der Waals surface area contributed by atoms with Gasteiger partial charge in [0.15, 0.2) is 6.29 Å². The van der Waals surface area contributed by atoms with Gasteiger partial charge in [-0.05, 0) is 24.3 Å². The van der Waals surface area contributed by atoms with Gasteiger partial charge < -0.3 is 18.3 Å². The molecule has 0 aliphatic heterocycles. The molecule has 0 aliphatic carbocycles. The number of carbonyl (C=O) groups is 2. The van der Waals surface area contributed by atoms with E-state index in [-0.39, 0.29) is 5.76 Å². The van der Waals surface area contributed by atoms with Crippen LogP contribution in [0.5, 0.6) is 0 Å². The van der Waals surface area contributed by atoms with Crippen molar-refractivity contribution in [3.63, 3.8) is 0 Å². The number of methoxy groups -OCH3 is 1. The fourth-order valence-corrected chi connectivity index (χ4v) is 2.36. The molecule has 0 amide bonds. The van der Waals surface area contributed by atoms with Crippen molar-refractivity contribution in [2.75, 3.05) is 7.11 Å². The van der Waals surface area contributed by atoms with Crippen LogP contribution < -0.4 is 0 Å². The lowest BCUT2D eigenvalue weighted by atomic mass is 10.3. The highest BCUT2D eigenvalue weighted by Gasteiger charge is 2.14. The summed E-state index contributed by atoms with van der Waals surface area (Å²) in [6.45, 7) is 0.931. The second kappa shape index (κ2) is 6.35. The van der Waals surface area contributed by atoms with E-state index in [1.165, 1.54) is 7.11 Å². The van der Waals surface area contributed by atoms with E-state index in [4.69, 9.17) is 4.42 Å². The molecule has 0 aromatic carbocycles. The fraction of sp³-hybridized carbons (Fsp3) is 0.188. The summed E-state index contributed by atoms with van der Waals surface area (Å²) in [4.78, 5) is 26.7. The number of nitrogens with zero attached hydrogens (tertiary/aromatic N) is 3. The van der Waals surface area contributed by atoms with Crippen molar-refractivity contribution in [2.45, 2.75) is 13.1 Å². The van der Waals surface area contributed by atoms with Crippen LogP contribution in [0.3, 0.4) is 0 Å². The number of aldehydes is 1. The van der Waals surface area contributed by atoms with E-state index in [9.17, 15) is 9.59 Å². The van der Waals surface area contributed by atoms with Crippen LogP contribution in [0.25, 0.3) is 0 Å². The average molecular weight is 313 g/mol. The quantitative estimate of drug-likeness (QED) is 0.513. The number of furan rings is 1. The molecule has 0 saturated carbocycles. The topological polar surface area (TPSA) is 79.3 Å². The number of ether oxygens (including phenoxy) is 1. The molecule has 0 aliphatic rings. The van der Waals surface area contributed by atoms with Crippen LogP contribution >= 0.6 is 0 Å². The average Bonchev–Trinajstić information content (AvgIpc) is 3.30. The Morgan fingerprint density at radius 1 is 1.30 bits per heavy atom. The number of carbonyl (C=O) groups excluding carboxylic acids is 2. The Kier molecular flexibility index (Phi) is 4.09. The Morgan fingerprint density at radius 2 is 2.17 bits per heavy atom. The molecule has 0 radical (unpaired) electrons. The predicted octanol–water partition coefficient (Wildman–Crippen LogP) is 1.97. The first-order valence-corrected chi connectivity index (χ1v) is 6.97. The molecular weight excluding hydrogens is 298 g/mol. The van der Waals surface area contributed by atoms with Crippen molar-refractivity contribution >= 4 is 12.3 Å². The minimum absolute atomic E-state index is 0.137. The largest absolute Gasteiger partial charge is 0.463 e. The van der Waals surface area contributed by atoms with E-state index in [0.29, 0.717) is 24.5 Å². The van der Waals surface area contributed by atoms with Crippen molar-refractivity contribution in [3.05, 3.63) is 65.9 Å². The molecule has 0 saturated heterocycles. The highest BCUT2D eigenvalue weighted by Crippen LogP contribution is 2.16. The second-order valence-corrected chi connectivity index (χ2v) is 4.95. The Bertz CT molecular complexity index is 814. The monoisotopic (exact) mass is 313 g/mol. The van der Waals surface area contributed by atoms with E-state index in [0.717, 1.165) is 12.0 Å². The molecule has 0 unspecified atom stereocenters. The molecule has 3 aromatic heterocycles. The highest BCUT2D eigenvalue weighted by atomic mass is 16.5. The van der Waals surface area contributed by atoms with Gasteiger partial charge >= 0.3 is 5.97 Å². The van der Waals surface area contributed by atoms with Gasteiger partial charge in [-0.15, -0.1) is 0 Å². The Balaban J connectivity index is 1.86. The third-order valence-electron chi connectivity index (χ3n) is 3.49. The number of hydrogen-bond donors (Lipinski definition) is 0. The summed E-state index contributed by atoms with van der Waals surface area (Å²) in [5.41, 5.74) is 1.47. The predicted molar refractivity (Wildman–Crippen MR) is 80.3 cm³/mol. The highest BCUT2D eigenvalue weighted by molar-refractivity contribution is 5.86. The number of rotatable bonds is 6. The third kappa shape index (κ3) is 3.08. The number of aromatic nitrogens is 3. The van der Waals surface area contributed by atoms with Crippen LogP contribution in [0.15, 0.2) is 47.4 Å². The SMILES string of the molecule is COC(=O)c1ccc(Cn2c(C=O)ccc2Cn2ccnc2)o1. The number of hydrogen-bond acceptors (Lipinski definition) is 5. The van der Waals surface area contributed by atoms with E-state index in [1.54, 1.807) is 30.7 Å². The van der Waals surface area contributed by atoms with Gasteiger partial charge in [-0.3, -0.25) is 4.79 Å². The Labute approximate surface area is 132 Å². The number of esters is 1. The summed E-state index contributed by atoms with van der Waals surface area (Å²) in [5, 5.41) is 0. The molecule has 3 aromatic rings. The lowest BCUT2D eigenvalue weighted by Gasteiger charge is -2.10. The van der Waals surface area contributed by atoms with Gasteiger partial charge in [0.25, 0.3) is 0 Å². The molecule has 118 valence electrons. The van der Waals surface area contributed by atoms with Crippen LogP contribution in [0.4, 0.5) is 0 Å². The normalized spacial score (nSPS) is 10.7. The second-order valence-electron chi connectivity index (χ2n) is 4.95. The van der Waals surface area contributed by atoms with Crippen LogP contribution in [0.1, 0.15) is 32.5 Å². The third-order valence-corrected chi connectivity index (χ3v) is 3.49. The van der Waals surface area contributed by atoms with Gasteiger partial charge in [0.05, 0.1) is 32.2 Å². The van der Waals surface area contributed by atoms with Crippen LogP contribution in [-0.4, -0.2) is 33.5 Å². The van der Waals surface area contributed by atoms with Gasteiger partial charge in [-0.2, -0.15) is 0 Å². The summed E-state index contributed by atoms with van der Waals surface area (Å²) in [6.07, 6.45) is 6.05. The lowest BCUT2D eigenvalue weighted by molar-refractivity contribution is 0.0562. The van der Waals surface area contributed by atoms with E-state index in [2.05, 4.69) is 9.72 Å². The van der Waals surface area contributed by atoms with Gasteiger partial charge in [0.1, 0.15) is 5.76 Å². The molecule has 23 heavy (non-hydrogen) atoms. The molecule has 7 heteroatoms. The van der Waals surface area contributed by atoms with Gasteiger partial charge in [0.2, 0.25) is 5.76 Å². The zero-order valence-corrected chi connectivity index (χ0v) is 12.5. The van der Waals surface area contributed by atoms with Crippen molar-refractivity contribution in [3.8, 4) is 0 Å². The van der Waals surface area contributed by atoms with E-state index < -0.39 is 5.97 Å². The van der Waals surface area contributed by atoms with Crippen molar-refractivity contribution in [1.29, 1.82) is 0 Å². The van der Waals surface area contributed by atoms with Crippen LogP contribution in [-0.2, 0) is 17.8 Å². The Hall–Kier alpha value is -3.09. The summed E-state index contributed by atoms with van der Waals surface area (Å²) in [6, 6.07) is 6.89. The molecular formula is C16H15N3O4. The molecule has 0 atom stereocenters. The van der Waals surface area contributed by atoms with Gasteiger partial charge in [0, 0.05) is 18.1 Å². The molecule has 7 nitrogen and oxygen atoms in total. The minimum Gasteiger partial charge on any atom is -0.463 e. The van der Waals surface area contributed by atoms with Crippen LogP contribution in [0.2, 0.25) is 0 Å². The zero-order valence-electron chi connectivity index (χ0n) is 12.5. The van der Waals surface area contributed by atoms with Crippen molar-refractivity contribution in [1.82, 2.24) is 14.1 Å². The first kappa shape index (κ1) is 14.8. The molecule has 0 N–H and O–H groups in total. The van der Waals surface area contributed by atoms with E-state index in [1.807, 2.05) is 21.4 Å². The van der Waals surface area contributed by atoms with Crippen molar-refractivity contribution < 1.29 is 18.7 Å². The lowest BCUT2D eigenvalue weighted by Crippen LogP contribution is -2.10. The first-order valence-electron chi connectivity index (χ1n) is 6.97. The maximum atomic E-state index is 11.4. The summed E-state index contributed by atoms with van der Waals surface area (Å²) >= 11 is 0. The van der Waals surface area contributed by atoms with E-state index >= 15 is 0 Å². The number of imidazole rings is 1. The maximum Gasteiger partial charge on any atom is 0.373 e. The molecule has 3 rings (SSSR count). The summed E-state index contributed by atoms with van der Waals surface area (Å²) < 4.78 is 13.8. The van der Waals surface area contributed by atoms with Crippen molar-refractivity contribution in [2.24, 2.45) is 0 Å². The molecule has 0 spiro atoms. The molecule has 0 bridgehead atoms. The standard InChI is InChI=1S/C16H15N3O4/c1-22-16(21)15-5-4-14(23-15)9-19-12(2-3-13(19)10-20)8-18-7-6-17-11-18/h2-7,10-11H,8-9H2,1H3. The fourth-order valence-electron chi connectivity index (χ4n) is 2.36. The summed E-state index contributed by atoms with van der Waals surface area (Å²) in [7, 11) is 1.30.